The Morgan fingerprint density at radius 1 is 1.40 bits per heavy atom. The van der Waals surface area contributed by atoms with Crippen molar-refractivity contribution in [2.45, 2.75) is 62.8 Å². The monoisotopic (exact) mass is 293 g/mol. The highest BCUT2D eigenvalue weighted by molar-refractivity contribution is 5.85. The van der Waals surface area contributed by atoms with Crippen molar-refractivity contribution in [3.63, 3.8) is 0 Å². The number of nitrogens with one attached hydrogen (secondary N) is 1. The van der Waals surface area contributed by atoms with Gasteiger partial charge in [0.2, 0.25) is 5.91 Å². The predicted molar refractivity (Wildman–Crippen MR) is 69.0 cm³/mol. The number of hydrogen-bond acceptors (Lipinski definition) is 3. The van der Waals surface area contributed by atoms with E-state index in [0.29, 0.717) is 31.8 Å². The Hall–Kier alpha value is -0.820. The minimum absolute atomic E-state index is 0.236. The van der Waals surface area contributed by atoms with Crippen LogP contribution < -0.4 is 11.1 Å². The van der Waals surface area contributed by atoms with Crippen molar-refractivity contribution in [2.75, 3.05) is 13.1 Å². The van der Waals surface area contributed by atoms with Gasteiger partial charge in [0.25, 0.3) is 0 Å². The zero-order chi connectivity index (χ0) is 15.0. The summed E-state index contributed by atoms with van der Waals surface area (Å²) in [6, 6.07) is 0.0688. The molecule has 0 saturated heterocycles. The largest absolute Gasteiger partial charge is 0.401 e. The van der Waals surface area contributed by atoms with E-state index in [-0.39, 0.29) is 6.04 Å². The van der Waals surface area contributed by atoms with Crippen LogP contribution in [0, 0.1) is 0 Å². The van der Waals surface area contributed by atoms with Gasteiger partial charge in [0, 0.05) is 12.1 Å². The fourth-order valence-corrected chi connectivity index (χ4v) is 3.10. The molecule has 116 valence electrons. The van der Waals surface area contributed by atoms with Crippen molar-refractivity contribution in [3.8, 4) is 0 Å². The topological polar surface area (TPSA) is 58.4 Å². The molecule has 0 radical (unpaired) electrons. The van der Waals surface area contributed by atoms with Crippen molar-refractivity contribution >= 4 is 5.91 Å². The van der Waals surface area contributed by atoms with Gasteiger partial charge in [-0.3, -0.25) is 9.69 Å². The fraction of sp³-hybridized carbons (Fsp3) is 0.923. The number of nitrogens with two attached hydrogens (primary N) is 1. The molecular weight excluding hydrogens is 271 g/mol. The second-order valence-corrected chi connectivity index (χ2v) is 5.94. The predicted octanol–water partition coefficient (Wildman–Crippen LogP) is 1.40. The zero-order valence-corrected chi connectivity index (χ0v) is 11.7. The summed E-state index contributed by atoms with van der Waals surface area (Å²) in [6.07, 6.45) is -0.704. The van der Waals surface area contributed by atoms with Crippen LogP contribution in [0.4, 0.5) is 13.2 Å². The van der Waals surface area contributed by atoms with Gasteiger partial charge in [-0.2, -0.15) is 13.2 Å². The average Bonchev–Trinajstić information content (AvgIpc) is 3.02. The first-order chi connectivity index (χ1) is 9.26. The van der Waals surface area contributed by atoms with E-state index in [9.17, 15) is 18.0 Å². The lowest BCUT2D eigenvalue weighted by atomic mass is 9.96. The highest BCUT2D eigenvalue weighted by Crippen LogP contribution is 2.37. The number of halogens is 3. The summed E-state index contributed by atoms with van der Waals surface area (Å²) in [5.41, 5.74) is 4.68. The van der Waals surface area contributed by atoms with E-state index in [1.54, 1.807) is 6.92 Å². The maximum Gasteiger partial charge on any atom is 0.401 e. The van der Waals surface area contributed by atoms with Gasteiger partial charge in [0.1, 0.15) is 0 Å². The van der Waals surface area contributed by atoms with Gasteiger partial charge in [0.05, 0.1) is 12.1 Å². The molecular formula is C13H22F3N3O. The van der Waals surface area contributed by atoms with E-state index in [4.69, 9.17) is 5.73 Å². The zero-order valence-electron chi connectivity index (χ0n) is 11.7. The van der Waals surface area contributed by atoms with Crippen molar-refractivity contribution in [3.05, 3.63) is 0 Å². The first-order valence-electron chi connectivity index (χ1n) is 7.14. The summed E-state index contributed by atoms with van der Waals surface area (Å²) >= 11 is 0. The highest BCUT2D eigenvalue weighted by atomic mass is 19.4. The second kappa shape index (κ2) is 5.52. The number of carbonyl (C=O) groups excluding carboxylic acids is 1. The van der Waals surface area contributed by atoms with Crippen LogP contribution in [0.3, 0.4) is 0 Å². The smallest absolute Gasteiger partial charge is 0.368 e. The molecule has 4 nitrogen and oxygen atoms in total. The van der Waals surface area contributed by atoms with Crippen LogP contribution in [0.5, 0.6) is 0 Å². The van der Waals surface area contributed by atoms with Gasteiger partial charge in [-0.05, 0) is 38.6 Å². The number of nitrogens with zero attached hydrogens (tertiary/aromatic N) is 1. The van der Waals surface area contributed by atoms with Gasteiger partial charge in [0.15, 0.2) is 0 Å². The Labute approximate surface area is 116 Å². The van der Waals surface area contributed by atoms with E-state index < -0.39 is 24.2 Å². The lowest BCUT2D eigenvalue weighted by Crippen LogP contribution is -2.55. The molecule has 20 heavy (non-hydrogen) atoms. The summed E-state index contributed by atoms with van der Waals surface area (Å²) in [5, 5.41) is 3.26. The summed E-state index contributed by atoms with van der Waals surface area (Å²) in [5.74, 6) is -0.435. The number of alkyl halides is 3. The fourth-order valence-electron chi connectivity index (χ4n) is 3.10. The van der Waals surface area contributed by atoms with Crippen LogP contribution in [0.25, 0.3) is 0 Å². The van der Waals surface area contributed by atoms with Crippen molar-refractivity contribution < 1.29 is 18.0 Å². The Balaban J connectivity index is 2.02. The van der Waals surface area contributed by atoms with E-state index in [1.165, 1.54) is 4.90 Å². The molecule has 0 spiro atoms. The van der Waals surface area contributed by atoms with Crippen molar-refractivity contribution in [2.24, 2.45) is 5.73 Å². The molecule has 0 aromatic carbocycles. The maximum absolute atomic E-state index is 12.6. The lowest BCUT2D eigenvalue weighted by Gasteiger charge is -2.31. The molecule has 0 aliphatic heterocycles. The molecule has 2 fully saturated rings. The molecule has 0 aromatic heterocycles. The molecule has 0 heterocycles. The summed E-state index contributed by atoms with van der Waals surface area (Å²) < 4.78 is 37.7. The molecule has 0 aromatic rings. The number of hydrogen-bond donors (Lipinski definition) is 2. The quantitative estimate of drug-likeness (QED) is 0.778. The van der Waals surface area contributed by atoms with Gasteiger partial charge in [-0.1, -0.05) is 6.92 Å². The van der Waals surface area contributed by atoms with E-state index in [2.05, 4.69) is 5.32 Å². The minimum Gasteiger partial charge on any atom is -0.368 e. The number of carbonyl (C=O) groups is 1. The van der Waals surface area contributed by atoms with Gasteiger partial charge < -0.3 is 11.1 Å². The molecule has 2 unspecified atom stereocenters. The summed E-state index contributed by atoms with van der Waals surface area (Å²) in [6.45, 7) is 1.11. The molecule has 2 aliphatic rings. The first-order valence-corrected chi connectivity index (χ1v) is 7.14. The Morgan fingerprint density at radius 3 is 2.50 bits per heavy atom. The third kappa shape index (κ3) is 3.63. The normalized spacial score (nSPS) is 30.9. The number of primary amides is 1. The average molecular weight is 293 g/mol. The lowest BCUT2D eigenvalue weighted by molar-refractivity contribution is -0.150. The van der Waals surface area contributed by atoms with Crippen LogP contribution in [0.2, 0.25) is 0 Å². The van der Waals surface area contributed by atoms with E-state index >= 15 is 0 Å². The molecule has 3 N–H and O–H groups in total. The van der Waals surface area contributed by atoms with Gasteiger partial charge in [-0.15, -0.1) is 0 Å². The van der Waals surface area contributed by atoms with E-state index in [0.717, 1.165) is 12.8 Å². The summed E-state index contributed by atoms with van der Waals surface area (Å²) in [4.78, 5) is 13.1. The third-order valence-electron chi connectivity index (χ3n) is 4.32. The van der Waals surface area contributed by atoms with Gasteiger partial charge in [-0.25, -0.2) is 0 Å². The Morgan fingerprint density at radius 2 is 2.05 bits per heavy atom. The first kappa shape index (κ1) is 15.6. The second-order valence-electron chi connectivity index (χ2n) is 5.94. The highest BCUT2D eigenvalue weighted by Gasteiger charge is 2.48. The van der Waals surface area contributed by atoms with Crippen molar-refractivity contribution in [1.29, 1.82) is 0 Å². The third-order valence-corrected chi connectivity index (χ3v) is 4.32. The van der Waals surface area contributed by atoms with E-state index in [1.807, 2.05) is 0 Å². The Bertz CT molecular complexity index is 370. The van der Waals surface area contributed by atoms with Crippen LogP contribution in [-0.4, -0.2) is 47.7 Å². The number of amides is 1. The number of rotatable bonds is 6. The molecule has 2 atom stereocenters. The van der Waals surface area contributed by atoms with Crippen LogP contribution >= 0.6 is 0 Å². The van der Waals surface area contributed by atoms with Crippen LogP contribution in [0.15, 0.2) is 0 Å². The van der Waals surface area contributed by atoms with Crippen molar-refractivity contribution in [1.82, 2.24) is 10.2 Å². The molecule has 2 rings (SSSR count). The SMILES string of the molecule is CCN(CC(F)(F)F)C1CCC(NC2CC2)(C(N)=O)C1. The minimum atomic E-state index is -4.21. The summed E-state index contributed by atoms with van der Waals surface area (Å²) in [7, 11) is 0. The molecule has 0 bridgehead atoms. The molecule has 1 amide bonds. The van der Waals surface area contributed by atoms with Crippen LogP contribution in [-0.2, 0) is 4.79 Å². The molecule has 2 aliphatic carbocycles. The molecule has 7 heteroatoms. The van der Waals surface area contributed by atoms with Gasteiger partial charge >= 0.3 is 6.18 Å². The maximum atomic E-state index is 12.6. The Kier molecular flexibility index (Phi) is 4.30. The molecule has 2 saturated carbocycles. The van der Waals surface area contributed by atoms with Crippen LogP contribution in [0.1, 0.15) is 39.0 Å². The standard InChI is InChI=1S/C13H22F3N3O/c1-2-19(8-13(14,15)16)10-5-6-12(7-10,11(17)20)18-9-3-4-9/h9-10,18H,2-8H2,1H3,(H2,17,20).